The van der Waals surface area contributed by atoms with Gasteiger partial charge in [-0.05, 0) is 24.4 Å². The van der Waals surface area contributed by atoms with E-state index >= 15 is 0 Å². The van der Waals surface area contributed by atoms with Crippen molar-refractivity contribution in [3.63, 3.8) is 0 Å². The van der Waals surface area contributed by atoms with Crippen molar-refractivity contribution in [1.29, 1.82) is 0 Å². The lowest BCUT2D eigenvalue weighted by atomic mass is 10.3. The van der Waals surface area contributed by atoms with Crippen LogP contribution in [0.25, 0.3) is 0 Å². The van der Waals surface area contributed by atoms with Crippen LogP contribution in [-0.2, 0) is 4.74 Å². The van der Waals surface area contributed by atoms with Crippen molar-refractivity contribution in [3.05, 3.63) is 17.0 Å². The van der Waals surface area contributed by atoms with E-state index in [0.29, 0.717) is 36.8 Å². The predicted molar refractivity (Wildman–Crippen MR) is 81.7 cm³/mol. The Balaban J connectivity index is 1.53. The molecule has 2 aromatic heterocycles. The maximum Gasteiger partial charge on any atom is 0.234 e. The zero-order valence-corrected chi connectivity index (χ0v) is 12.7. The molecule has 0 aromatic carbocycles. The van der Waals surface area contributed by atoms with Gasteiger partial charge in [0.2, 0.25) is 17.2 Å². The quantitative estimate of drug-likeness (QED) is 0.885. The number of rotatable bonds is 4. The van der Waals surface area contributed by atoms with Gasteiger partial charge in [-0.3, -0.25) is 5.10 Å². The summed E-state index contributed by atoms with van der Waals surface area (Å²) in [4.78, 5) is 14.8. The van der Waals surface area contributed by atoms with Crippen LogP contribution in [0, 0.1) is 0 Å². The first-order valence-electron chi connectivity index (χ1n) is 7.34. The third-order valence-electron chi connectivity index (χ3n) is 3.74. The van der Waals surface area contributed by atoms with Crippen molar-refractivity contribution >= 4 is 29.3 Å². The molecule has 0 spiro atoms. The van der Waals surface area contributed by atoms with Crippen LogP contribution in [-0.4, -0.2) is 51.5 Å². The molecule has 0 amide bonds. The number of H-pyrrole nitrogens is 1. The fourth-order valence-electron chi connectivity index (χ4n) is 2.42. The molecule has 0 unspecified atom stereocenters. The molecule has 2 N–H and O–H groups in total. The number of aromatic nitrogens is 5. The molecule has 1 saturated carbocycles. The fraction of sp³-hybridized carbons (Fsp3) is 0.538. The molecule has 22 heavy (non-hydrogen) atoms. The van der Waals surface area contributed by atoms with Gasteiger partial charge in [-0.25, -0.2) is 0 Å². The van der Waals surface area contributed by atoms with Crippen LogP contribution in [0.2, 0.25) is 5.28 Å². The smallest absolute Gasteiger partial charge is 0.234 e. The van der Waals surface area contributed by atoms with Gasteiger partial charge >= 0.3 is 0 Å². The Kier molecular flexibility index (Phi) is 3.55. The highest BCUT2D eigenvalue weighted by Gasteiger charge is 2.25. The lowest BCUT2D eigenvalue weighted by Crippen LogP contribution is -2.37. The molecule has 2 aliphatic rings. The summed E-state index contributed by atoms with van der Waals surface area (Å²) in [6.07, 6.45) is 2.45. The van der Waals surface area contributed by atoms with E-state index < -0.39 is 0 Å². The molecule has 4 rings (SSSR count). The second-order valence-corrected chi connectivity index (χ2v) is 5.77. The van der Waals surface area contributed by atoms with Gasteiger partial charge in [-0.15, -0.1) is 0 Å². The molecule has 2 fully saturated rings. The fourth-order valence-corrected chi connectivity index (χ4v) is 2.57. The molecule has 1 saturated heterocycles. The minimum absolute atomic E-state index is 0.164. The summed E-state index contributed by atoms with van der Waals surface area (Å²) in [7, 11) is 0. The summed E-state index contributed by atoms with van der Waals surface area (Å²) in [6, 6.07) is 1.99. The summed E-state index contributed by atoms with van der Waals surface area (Å²) in [5.41, 5.74) is 1.15. The lowest BCUT2D eigenvalue weighted by molar-refractivity contribution is 0.122. The SMILES string of the molecule is Clc1nc(Nc2cc(C3CC3)[nH]n2)nc(N2CCOCC2)n1. The van der Waals surface area contributed by atoms with Crippen molar-refractivity contribution in [2.75, 3.05) is 36.5 Å². The van der Waals surface area contributed by atoms with Gasteiger partial charge in [0.05, 0.1) is 13.2 Å². The predicted octanol–water partition coefficient (Wildman–Crippen LogP) is 1.71. The van der Waals surface area contributed by atoms with Gasteiger partial charge in [-0.1, -0.05) is 0 Å². The third kappa shape index (κ3) is 2.97. The largest absolute Gasteiger partial charge is 0.378 e. The monoisotopic (exact) mass is 321 g/mol. The van der Waals surface area contributed by atoms with Gasteiger partial charge in [0.1, 0.15) is 0 Å². The van der Waals surface area contributed by atoms with Gasteiger partial charge in [0.25, 0.3) is 0 Å². The Morgan fingerprint density at radius 1 is 1.23 bits per heavy atom. The highest BCUT2D eigenvalue weighted by Crippen LogP contribution is 2.39. The Labute approximate surface area is 132 Å². The second-order valence-electron chi connectivity index (χ2n) is 5.44. The molecule has 3 heterocycles. The molecular formula is C13H16ClN7O. The number of nitrogens with one attached hydrogen (secondary N) is 2. The molecule has 0 atom stereocenters. The Bertz CT molecular complexity index is 666. The van der Waals surface area contributed by atoms with Crippen LogP contribution in [0.3, 0.4) is 0 Å². The van der Waals surface area contributed by atoms with Crippen molar-refractivity contribution in [3.8, 4) is 0 Å². The van der Waals surface area contributed by atoms with Crippen LogP contribution >= 0.6 is 11.6 Å². The Morgan fingerprint density at radius 3 is 2.82 bits per heavy atom. The van der Waals surface area contributed by atoms with E-state index in [-0.39, 0.29) is 5.28 Å². The van der Waals surface area contributed by atoms with Crippen molar-refractivity contribution in [2.45, 2.75) is 18.8 Å². The van der Waals surface area contributed by atoms with Gasteiger partial charge in [-0.2, -0.15) is 20.1 Å². The van der Waals surface area contributed by atoms with E-state index in [9.17, 15) is 0 Å². The van der Waals surface area contributed by atoms with E-state index in [1.54, 1.807) is 0 Å². The lowest BCUT2D eigenvalue weighted by Gasteiger charge is -2.26. The molecule has 8 nitrogen and oxygen atoms in total. The molecule has 0 bridgehead atoms. The number of nitrogens with zero attached hydrogens (tertiary/aromatic N) is 5. The first-order chi connectivity index (χ1) is 10.8. The van der Waals surface area contributed by atoms with E-state index in [4.69, 9.17) is 16.3 Å². The standard InChI is InChI=1S/C13H16ClN7O/c14-11-16-12(15-10-7-9(19-20-10)8-1-2-8)18-13(17-11)21-3-5-22-6-4-21/h7-8H,1-6H2,(H2,15,16,17,18,19,20). The number of aromatic amines is 1. The summed E-state index contributed by atoms with van der Waals surface area (Å²) in [6.45, 7) is 2.81. The molecule has 116 valence electrons. The third-order valence-corrected chi connectivity index (χ3v) is 3.91. The maximum absolute atomic E-state index is 6.01. The van der Waals surface area contributed by atoms with Crippen LogP contribution in [0.15, 0.2) is 6.07 Å². The normalized spacial score (nSPS) is 18.5. The van der Waals surface area contributed by atoms with Gasteiger partial charge in [0.15, 0.2) is 5.82 Å². The van der Waals surface area contributed by atoms with Crippen molar-refractivity contribution in [1.82, 2.24) is 25.1 Å². The van der Waals surface area contributed by atoms with E-state index in [2.05, 4.69) is 30.5 Å². The van der Waals surface area contributed by atoms with Crippen molar-refractivity contribution < 1.29 is 4.74 Å². The number of halogens is 1. The highest BCUT2D eigenvalue weighted by molar-refractivity contribution is 6.28. The van der Waals surface area contributed by atoms with Crippen LogP contribution < -0.4 is 10.2 Å². The molecule has 0 radical (unpaired) electrons. The Hall–Kier alpha value is -1.93. The van der Waals surface area contributed by atoms with Crippen LogP contribution in [0.5, 0.6) is 0 Å². The topological polar surface area (TPSA) is 91.9 Å². The first kappa shape index (κ1) is 13.7. The number of ether oxygens (including phenoxy) is 1. The number of morpholine rings is 1. The molecule has 1 aliphatic heterocycles. The highest BCUT2D eigenvalue weighted by atomic mass is 35.5. The van der Waals surface area contributed by atoms with E-state index in [0.717, 1.165) is 18.8 Å². The summed E-state index contributed by atoms with van der Waals surface area (Å²) in [5.74, 6) is 2.27. The van der Waals surface area contributed by atoms with Crippen molar-refractivity contribution in [2.24, 2.45) is 0 Å². The summed E-state index contributed by atoms with van der Waals surface area (Å²) in [5, 5.41) is 10.5. The number of hydrogen-bond acceptors (Lipinski definition) is 7. The van der Waals surface area contributed by atoms with Crippen LogP contribution in [0.1, 0.15) is 24.5 Å². The minimum atomic E-state index is 0.164. The van der Waals surface area contributed by atoms with E-state index in [1.807, 2.05) is 11.0 Å². The van der Waals surface area contributed by atoms with E-state index in [1.165, 1.54) is 12.8 Å². The molecular weight excluding hydrogens is 306 g/mol. The average molecular weight is 322 g/mol. The molecule has 1 aliphatic carbocycles. The average Bonchev–Trinajstić information content (AvgIpc) is 3.28. The molecule has 2 aromatic rings. The first-order valence-corrected chi connectivity index (χ1v) is 7.72. The summed E-state index contributed by atoms with van der Waals surface area (Å²) < 4.78 is 5.33. The second kappa shape index (κ2) is 5.69. The maximum atomic E-state index is 6.01. The molecule has 9 heteroatoms. The van der Waals surface area contributed by atoms with Crippen LogP contribution in [0.4, 0.5) is 17.7 Å². The number of hydrogen-bond donors (Lipinski definition) is 2. The van der Waals surface area contributed by atoms with Gasteiger partial charge in [0, 0.05) is 30.8 Å². The minimum Gasteiger partial charge on any atom is -0.378 e. The van der Waals surface area contributed by atoms with Gasteiger partial charge < -0.3 is 15.0 Å². The Morgan fingerprint density at radius 2 is 2.05 bits per heavy atom. The summed E-state index contributed by atoms with van der Waals surface area (Å²) >= 11 is 6.01. The zero-order chi connectivity index (χ0) is 14.9. The zero-order valence-electron chi connectivity index (χ0n) is 11.9. The number of anilines is 3.